The Labute approximate surface area is 264 Å². The van der Waals surface area contributed by atoms with E-state index in [4.69, 9.17) is 18.9 Å². The van der Waals surface area contributed by atoms with Crippen molar-refractivity contribution >= 4 is 0 Å². The molecule has 1 spiro atoms. The molecule has 6 rings (SSSR count). The monoisotopic (exact) mass is 646 g/mol. The van der Waals surface area contributed by atoms with Crippen LogP contribution >= 0.6 is 0 Å². The van der Waals surface area contributed by atoms with E-state index in [1.165, 1.54) is 0 Å². The molecule has 13 heteroatoms. The molecule has 260 valence electrons. The summed E-state index contributed by atoms with van der Waals surface area (Å²) >= 11 is 0. The molecule has 0 radical (unpaired) electrons. The molecular weight excluding hydrogens is 592 g/mol. The zero-order chi connectivity index (χ0) is 32.5. The van der Waals surface area contributed by atoms with E-state index in [0.717, 1.165) is 51.4 Å². The third-order valence-corrected chi connectivity index (χ3v) is 13.2. The van der Waals surface area contributed by atoms with Crippen LogP contribution in [0.25, 0.3) is 0 Å². The molecule has 2 heterocycles. The first-order chi connectivity index (χ1) is 21.2. The van der Waals surface area contributed by atoms with Gasteiger partial charge in [-0.2, -0.15) is 0 Å². The molecule has 45 heavy (non-hydrogen) atoms. The van der Waals surface area contributed by atoms with Crippen LogP contribution in [0.5, 0.6) is 0 Å². The second-order valence-electron chi connectivity index (χ2n) is 15.8. The van der Waals surface area contributed by atoms with Crippen LogP contribution in [-0.2, 0) is 18.9 Å². The van der Waals surface area contributed by atoms with Gasteiger partial charge in [0.25, 0.3) is 0 Å². The van der Waals surface area contributed by atoms with Crippen LogP contribution in [0, 0.1) is 34.0 Å². The Morgan fingerprint density at radius 2 is 1.24 bits per heavy atom. The van der Waals surface area contributed by atoms with Crippen molar-refractivity contribution in [3.05, 3.63) is 0 Å². The molecule has 0 amide bonds. The van der Waals surface area contributed by atoms with Crippen LogP contribution < -0.4 is 0 Å². The minimum Gasteiger partial charge on any atom is -0.394 e. The van der Waals surface area contributed by atoms with Gasteiger partial charge < -0.3 is 64.9 Å². The van der Waals surface area contributed by atoms with Gasteiger partial charge in [0.2, 0.25) is 0 Å². The van der Waals surface area contributed by atoms with Crippen molar-refractivity contribution in [2.75, 3.05) is 26.4 Å². The van der Waals surface area contributed by atoms with Gasteiger partial charge in [-0.15, -0.1) is 0 Å². The van der Waals surface area contributed by atoms with Crippen LogP contribution in [-0.4, -0.2) is 139 Å². The number of aliphatic hydroxyl groups is 9. The Hall–Kier alpha value is -0.520. The van der Waals surface area contributed by atoms with E-state index in [9.17, 15) is 46.0 Å². The Morgan fingerprint density at radius 3 is 1.82 bits per heavy atom. The molecule has 0 aromatic rings. The molecule has 17 atom stereocenters. The van der Waals surface area contributed by atoms with Crippen molar-refractivity contribution in [2.24, 2.45) is 34.0 Å². The maximum atomic E-state index is 12.0. The van der Waals surface area contributed by atoms with Gasteiger partial charge in [-0.25, -0.2) is 0 Å². The molecule has 0 unspecified atom stereocenters. The van der Waals surface area contributed by atoms with E-state index in [0.29, 0.717) is 24.9 Å². The van der Waals surface area contributed by atoms with Crippen LogP contribution in [0.3, 0.4) is 0 Å². The predicted octanol–water partition coefficient (Wildman–Crippen LogP) is -1.24. The fourth-order valence-corrected chi connectivity index (χ4v) is 11.0. The summed E-state index contributed by atoms with van der Waals surface area (Å²) in [4.78, 5) is 0. The Balaban J connectivity index is 1.14. The van der Waals surface area contributed by atoms with Gasteiger partial charge in [-0.05, 0) is 85.4 Å². The number of rotatable bonds is 8. The molecule has 4 saturated carbocycles. The van der Waals surface area contributed by atoms with Gasteiger partial charge in [0, 0.05) is 0 Å². The van der Waals surface area contributed by atoms with Crippen molar-refractivity contribution in [2.45, 2.75) is 139 Å². The molecule has 6 aliphatic rings. The quantitative estimate of drug-likeness (QED) is 0.151. The fraction of sp³-hybridized carbons (Fsp3) is 1.00. The summed E-state index contributed by atoms with van der Waals surface area (Å²) in [6, 6.07) is 0. The van der Waals surface area contributed by atoms with E-state index in [1.807, 2.05) is 0 Å². The largest absolute Gasteiger partial charge is 0.394 e. The van der Waals surface area contributed by atoms with E-state index >= 15 is 0 Å². The van der Waals surface area contributed by atoms with Crippen LogP contribution in [0.15, 0.2) is 0 Å². The number of hydrogen-bond donors (Lipinski definition) is 9. The smallest absolute Gasteiger partial charge is 0.186 e. The molecule has 2 bridgehead atoms. The van der Waals surface area contributed by atoms with E-state index in [-0.39, 0.29) is 28.8 Å². The molecule has 0 aromatic heterocycles. The van der Waals surface area contributed by atoms with E-state index in [1.54, 1.807) is 0 Å². The third kappa shape index (κ3) is 5.61. The first-order valence-corrected chi connectivity index (χ1v) is 16.8. The Bertz CT molecular complexity index is 1050. The SMILES string of the molecule is C[C@]1(CO[C@@H]2O[C@H](CO)[C@@H](O)[C@H](O)[C@H]2O)CCC[C@]2(C)[C@@H]1CC[C@@]13C[C@@H](CC[C@H]12)[C@@](O)(CO[C@@H]1O[C@H](CO)[C@@H](O)[C@H](O)[C@H]1O)C3. The standard InChI is InChI=1S/C32H54O13/c1-29(14-42-27-25(39)23(37)21(35)17(11-33)44-27)7-3-8-30(2)19(29)6-9-31-10-16(4-5-20(30)31)32(41,13-31)15-43-28-26(40)24(38)22(36)18(12-34)45-28/h16-28,33-41H,3-15H2,1-2H3/t16-,17-,18-,19-,20+,21-,22-,23+,24+,25-,26-,27-,28-,29-,30-,31+,32+/m1/s1. The minimum atomic E-state index is -1.54. The van der Waals surface area contributed by atoms with Crippen LogP contribution in [0.2, 0.25) is 0 Å². The summed E-state index contributed by atoms with van der Waals surface area (Å²) in [5.41, 5.74) is -1.46. The first kappa shape index (κ1) is 34.3. The van der Waals surface area contributed by atoms with Gasteiger partial charge in [0.05, 0.1) is 32.0 Å². The number of hydrogen-bond acceptors (Lipinski definition) is 13. The Morgan fingerprint density at radius 1 is 0.667 bits per heavy atom. The molecule has 6 fully saturated rings. The van der Waals surface area contributed by atoms with Gasteiger partial charge in [0.1, 0.15) is 48.8 Å². The first-order valence-electron chi connectivity index (χ1n) is 16.8. The van der Waals surface area contributed by atoms with Gasteiger partial charge in [-0.1, -0.05) is 20.3 Å². The van der Waals surface area contributed by atoms with Crippen LogP contribution in [0.4, 0.5) is 0 Å². The maximum absolute atomic E-state index is 12.0. The lowest BCUT2D eigenvalue weighted by molar-refractivity contribution is -0.310. The number of ether oxygens (including phenoxy) is 4. The molecule has 13 nitrogen and oxygen atoms in total. The molecular formula is C32H54O13. The molecule has 2 saturated heterocycles. The van der Waals surface area contributed by atoms with E-state index < -0.39 is 80.2 Å². The number of fused-ring (bicyclic) bond motifs is 3. The fourth-order valence-electron chi connectivity index (χ4n) is 11.0. The zero-order valence-electron chi connectivity index (χ0n) is 26.4. The van der Waals surface area contributed by atoms with Crippen LogP contribution in [0.1, 0.15) is 71.6 Å². The van der Waals surface area contributed by atoms with Crippen molar-refractivity contribution < 1.29 is 64.9 Å². The van der Waals surface area contributed by atoms with E-state index in [2.05, 4.69) is 13.8 Å². The third-order valence-electron chi connectivity index (χ3n) is 13.2. The average Bonchev–Trinajstić information content (AvgIpc) is 3.22. The second-order valence-corrected chi connectivity index (χ2v) is 15.8. The minimum absolute atomic E-state index is 0.0155. The lowest BCUT2D eigenvalue weighted by Crippen LogP contribution is -2.60. The predicted molar refractivity (Wildman–Crippen MR) is 155 cm³/mol. The number of aliphatic hydroxyl groups excluding tert-OH is 8. The summed E-state index contributed by atoms with van der Waals surface area (Å²) in [5.74, 6) is 0.700. The Kier molecular flexibility index (Phi) is 9.48. The summed E-state index contributed by atoms with van der Waals surface area (Å²) < 4.78 is 23.2. The lowest BCUT2D eigenvalue weighted by atomic mass is 9.41. The highest BCUT2D eigenvalue weighted by molar-refractivity contribution is 5.17. The molecule has 4 aliphatic carbocycles. The summed E-state index contributed by atoms with van der Waals surface area (Å²) in [6.07, 6.45) is -5.30. The topological polar surface area (TPSA) is 219 Å². The summed E-state index contributed by atoms with van der Waals surface area (Å²) in [5, 5.41) is 92.9. The highest BCUT2D eigenvalue weighted by Gasteiger charge is 2.68. The highest BCUT2D eigenvalue weighted by atomic mass is 16.7. The van der Waals surface area contributed by atoms with Crippen molar-refractivity contribution in [3.8, 4) is 0 Å². The van der Waals surface area contributed by atoms with Gasteiger partial charge >= 0.3 is 0 Å². The van der Waals surface area contributed by atoms with Crippen molar-refractivity contribution in [1.29, 1.82) is 0 Å². The zero-order valence-corrected chi connectivity index (χ0v) is 26.4. The lowest BCUT2D eigenvalue weighted by Gasteiger charge is -2.64. The average molecular weight is 647 g/mol. The highest BCUT2D eigenvalue weighted by Crippen LogP contribution is 2.73. The van der Waals surface area contributed by atoms with Crippen molar-refractivity contribution in [3.63, 3.8) is 0 Å². The summed E-state index contributed by atoms with van der Waals surface area (Å²) in [6.45, 7) is 3.77. The normalized spacial score (nSPS) is 56.5. The van der Waals surface area contributed by atoms with Crippen molar-refractivity contribution in [1.82, 2.24) is 0 Å². The maximum Gasteiger partial charge on any atom is 0.186 e. The van der Waals surface area contributed by atoms with Gasteiger partial charge in [-0.3, -0.25) is 0 Å². The molecule has 9 N–H and O–H groups in total. The molecule has 0 aromatic carbocycles. The second kappa shape index (κ2) is 12.4. The summed E-state index contributed by atoms with van der Waals surface area (Å²) in [7, 11) is 0. The molecule has 2 aliphatic heterocycles. The van der Waals surface area contributed by atoms with Gasteiger partial charge in [0.15, 0.2) is 12.6 Å².